The first-order valence-electron chi connectivity index (χ1n) is 0.655. The van der Waals surface area contributed by atoms with Crippen LogP contribution in [-0.4, -0.2) is 32.0 Å². The van der Waals surface area contributed by atoms with Gasteiger partial charge in [0.05, 0.1) is 0 Å². The van der Waals surface area contributed by atoms with Crippen LogP contribution in [0, 0.1) is 0 Å². The maximum absolute atomic E-state index is 9.81. The topological polar surface area (TPSA) is 94.5 Å². The van der Waals surface area contributed by atoms with E-state index >= 15 is 0 Å². The van der Waals surface area contributed by atoms with Gasteiger partial charge in [0.1, 0.15) is 0 Å². The first kappa shape index (κ1) is 41.5. The molecule has 0 heterocycles. The molecule has 0 unspecified atom stereocenters. The van der Waals surface area contributed by atoms with Crippen molar-refractivity contribution in [1.82, 2.24) is 0 Å². The molecular formula is CH10AlF3O3. The smallest absolute Gasteiger partial charge is 0.412 e. The number of hydrogen-bond acceptors (Lipinski definition) is 0. The van der Waals surface area contributed by atoms with Crippen LogP contribution in [0.3, 0.4) is 0 Å². The average Bonchev–Trinajstić information content (AvgIpc) is 0.811. The molecule has 0 spiro atoms. The Labute approximate surface area is 50.9 Å². The highest BCUT2D eigenvalue weighted by molar-refractivity contribution is 6.33. The molecule has 0 saturated heterocycles. The van der Waals surface area contributed by atoms with Gasteiger partial charge in [-0.15, -0.1) is 0 Å². The number of halogens is 3. The minimum absolute atomic E-state index is 0. The van der Waals surface area contributed by atoms with Gasteiger partial charge in [0.2, 0.25) is 0 Å². The summed E-state index contributed by atoms with van der Waals surface area (Å²) in [5.41, 5.74) is 0. The molecule has 8 heavy (non-hydrogen) atoms. The van der Waals surface area contributed by atoms with E-state index in [0.717, 1.165) is 0 Å². The fourth-order valence-electron chi connectivity index (χ4n) is 0. The van der Waals surface area contributed by atoms with E-state index in [0.29, 0.717) is 0 Å². The Morgan fingerprint density at radius 1 is 0.750 bits per heavy atom. The molecule has 6 N–H and O–H groups in total. The van der Waals surface area contributed by atoms with Crippen molar-refractivity contribution in [3.8, 4) is 0 Å². The molecule has 0 aromatic heterocycles. The van der Waals surface area contributed by atoms with Gasteiger partial charge < -0.3 is 27.0 Å². The van der Waals surface area contributed by atoms with Crippen LogP contribution in [0.4, 0.5) is 10.6 Å². The van der Waals surface area contributed by atoms with Gasteiger partial charge >= 0.3 is 15.5 Å². The van der Waals surface area contributed by atoms with Crippen LogP contribution in [0.1, 0.15) is 7.43 Å². The van der Waals surface area contributed by atoms with Gasteiger partial charge in [-0.2, -0.15) is 0 Å². The first-order chi connectivity index (χ1) is 1.73. The highest BCUT2D eigenvalue weighted by atomic mass is 27.3. The van der Waals surface area contributed by atoms with Crippen LogP contribution in [-0.2, 0) is 0 Å². The summed E-state index contributed by atoms with van der Waals surface area (Å²) in [7, 11) is 0. The van der Waals surface area contributed by atoms with Crippen LogP contribution in [0.25, 0.3) is 0 Å². The van der Waals surface area contributed by atoms with Crippen molar-refractivity contribution >= 4 is 15.5 Å². The van der Waals surface area contributed by atoms with E-state index in [1.54, 1.807) is 0 Å². The Bertz CT molecular complexity index is 19.2. The summed E-state index contributed by atoms with van der Waals surface area (Å²) in [5, 5.41) is 0. The molecule has 0 aliphatic heterocycles. The summed E-state index contributed by atoms with van der Waals surface area (Å²) in [6.07, 6.45) is 0. The molecule has 0 amide bonds. The standard InChI is InChI=1S/CH4.Al.3FH.3H2O/h1H4;;3*1H;3*1H2/q;+3;;;;;;/p-3. The summed E-state index contributed by atoms with van der Waals surface area (Å²) in [6.45, 7) is 0. The molecule has 0 fully saturated rings. The van der Waals surface area contributed by atoms with Crippen LogP contribution < -0.4 is 0 Å². The lowest BCUT2D eigenvalue weighted by Gasteiger charge is -1.52. The van der Waals surface area contributed by atoms with E-state index in [1.807, 2.05) is 0 Å². The third-order valence-corrected chi connectivity index (χ3v) is 0. The van der Waals surface area contributed by atoms with Crippen molar-refractivity contribution in [1.29, 1.82) is 0 Å². The van der Waals surface area contributed by atoms with E-state index in [1.165, 1.54) is 0 Å². The summed E-state index contributed by atoms with van der Waals surface area (Å²) < 4.78 is 29.4. The first-order valence-corrected chi connectivity index (χ1v) is 1.96. The molecule has 0 bridgehead atoms. The lowest BCUT2D eigenvalue weighted by molar-refractivity contribution is 0.535. The minimum atomic E-state index is -4.64. The number of hydrogen-bond donors (Lipinski definition) is 0. The van der Waals surface area contributed by atoms with Gasteiger partial charge in [-0.1, -0.05) is 7.43 Å². The van der Waals surface area contributed by atoms with Crippen molar-refractivity contribution in [2.45, 2.75) is 7.43 Å². The molecule has 0 aromatic rings. The Balaban J connectivity index is -0.00000000750. The van der Waals surface area contributed by atoms with Gasteiger partial charge in [0.15, 0.2) is 0 Å². The molecule has 3 nitrogen and oxygen atoms in total. The monoisotopic (exact) mass is 154 g/mol. The van der Waals surface area contributed by atoms with Crippen molar-refractivity contribution in [2.24, 2.45) is 0 Å². The maximum atomic E-state index is 9.81. The van der Waals surface area contributed by atoms with Crippen molar-refractivity contribution in [2.75, 3.05) is 0 Å². The van der Waals surface area contributed by atoms with Gasteiger partial charge in [-0.05, 0) is 0 Å². The third-order valence-electron chi connectivity index (χ3n) is 0. The molecule has 0 aliphatic carbocycles. The summed E-state index contributed by atoms with van der Waals surface area (Å²) in [6, 6.07) is 0. The highest BCUT2D eigenvalue weighted by Gasteiger charge is 2.21. The second-order valence-electron chi connectivity index (χ2n) is 0.247. The zero-order valence-corrected chi connectivity index (χ0v) is 4.37. The van der Waals surface area contributed by atoms with Crippen molar-refractivity contribution < 1.29 is 27.0 Å². The molecule has 0 radical (unpaired) electrons. The van der Waals surface area contributed by atoms with Crippen LogP contribution in [0.2, 0.25) is 0 Å². The largest absolute Gasteiger partial charge is 1.04 e. The van der Waals surface area contributed by atoms with Crippen molar-refractivity contribution in [3.05, 3.63) is 0 Å². The van der Waals surface area contributed by atoms with E-state index in [4.69, 9.17) is 0 Å². The fourth-order valence-corrected chi connectivity index (χ4v) is 0. The molecule has 56 valence electrons. The Hall–Kier alpha value is 0.202. The normalized spacial score (nSPS) is 3.38. The number of rotatable bonds is 0. The Morgan fingerprint density at radius 2 is 0.750 bits per heavy atom. The predicted molar refractivity (Wildman–Crippen MR) is 26.7 cm³/mol. The molecule has 7 heteroatoms. The highest BCUT2D eigenvalue weighted by Crippen LogP contribution is 1.80. The van der Waals surface area contributed by atoms with E-state index in [-0.39, 0.29) is 23.9 Å². The second-order valence-corrected chi connectivity index (χ2v) is 0.742. The maximum Gasteiger partial charge on any atom is 1.04 e. The minimum Gasteiger partial charge on any atom is -0.412 e. The summed E-state index contributed by atoms with van der Waals surface area (Å²) in [4.78, 5) is 0. The molecule has 0 aliphatic rings. The second kappa shape index (κ2) is 27.0. The predicted octanol–water partition coefficient (Wildman–Crippen LogP) is -0.958. The van der Waals surface area contributed by atoms with Gasteiger partial charge in [-0.3, -0.25) is 0 Å². The fraction of sp³-hybridized carbons (Fsp3) is 1.00. The van der Waals surface area contributed by atoms with Gasteiger partial charge in [-0.25, -0.2) is 0 Å². The van der Waals surface area contributed by atoms with E-state index < -0.39 is 15.5 Å². The zero-order chi connectivity index (χ0) is 3.58. The molecule has 0 rings (SSSR count). The SMILES string of the molecule is C.O.O.O.[F][Al]([F])[F]. The quantitative estimate of drug-likeness (QED) is 0.402. The zero-order valence-electron chi connectivity index (χ0n) is 3.21. The lowest BCUT2D eigenvalue weighted by atomic mass is 12.0. The van der Waals surface area contributed by atoms with E-state index in [2.05, 4.69) is 0 Å². The molecular weight excluding hydrogens is 144 g/mol. The summed E-state index contributed by atoms with van der Waals surface area (Å²) in [5.74, 6) is 0. The summed E-state index contributed by atoms with van der Waals surface area (Å²) >= 11 is -4.64. The van der Waals surface area contributed by atoms with Crippen LogP contribution in [0.5, 0.6) is 0 Å². The lowest BCUT2D eigenvalue weighted by Crippen LogP contribution is -1.76. The van der Waals surface area contributed by atoms with Crippen LogP contribution in [0.15, 0.2) is 0 Å². The van der Waals surface area contributed by atoms with Crippen molar-refractivity contribution in [3.63, 3.8) is 0 Å². The third kappa shape index (κ3) is 4100. The molecule has 0 saturated carbocycles. The van der Waals surface area contributed by atoms with E-state index in [9.17, 15) is 10.6 Å². The Kier molecular flexibility index (Phi) is 140. The van der Waals surface area contributed by atoms with Gasteiger partial charge in [0, 0.05) is 0 Å². The van der Waals surface area contributed by atoms with Crippen LogP contribution >= 0.6 is 0 Å². The Morgan fingerprint density at radius 3 is 0.750 bits per heavy atom. The average molecular weight is 154 g/mol. The molecule has 0 aromatic carbocycles. The van der Waals surface area contributed by atoms with Gasteiger partial charge in [0.25, 0.3) is 0 Å². The molecule has 0 atom stereocenters.